The summed E-state index contributed by atoms with van der Waals surface area (Å²) in [5.74, 6) is 0. The van der Waals surface area contributed by atoms with Crippen molar-refractivity contribution in [1.29, 1.82) is 0 Å². The van der Waals surface area contributed by atoms with E-state index in [0.29, 0.717) is 0 Å². The molecule has 19 heavy (non-hydrogen) atoms. The van der Waals surface area contributed by atoms with Gasteiger partial charge in [-0.25, -0.2) is 0 Å². The second-order valence-corrected chi connectivity index (χ2v) is 5.59. The highest BCUT2D eigenvalue weighted by Crippen LogP contribution is 2.32. The summed E-state index contributed by atoms with van der Waals surface area (Å²) < 4.78 is 0. The number of rotatable bonds is 4. The second-order valence-electron chi connectivity index (χ2n) is 5.59. The van der Waals surface area contributed by atoms with Crippen molar-refractivity contribution in [3.63, 3.8) is 0 Å². The minimum Gasteiger partial charge on any atom is -0.394 e. The number of hydrogen-bond donors (Lipinski definition) is 2. The quantitative estimate of drug-likeness (QED) is 0.883. The molecule has 1 aliphatic rings. The van der Waals surface area contributed by atoms with E-state index in [2.05, 4.69) is 28.5 Å². The number of nitrogens with zero attached hydrogens (tertiary/aromatic N) is 1. The lowest BCUT2D eigenvalue weighted by Crippen LogP contribution is -2.53. The number of aromatic nitrogens is 1. The van der Waals surface area contributed by atoms with Crippen LogP contribution in [-0.4, -0.2) is 22.2 Å². The second kappa shape index (κ2) is 4.91. The van der Waals surface area contributed by atoms with Gasteiger partial charge in [-0.2, -0.15) is 0 Å². The van der Waals surface area contributed by atoms with Gasteiger partial charge in [0.2, 0.25) is 0 Å². The third-order valence-corrected chi connectivity index (χ3v) is 4.20. The average molecular weight is 256 g/mol. The zero-order valence-electron chi connectivity index (χ0n) is 11.3. The van der Waals surface area contributed by atoms with Crippen molar-refractivity contribution in [2.45, 2.75) is 38.3 Å². The molecule has 3 heteroatoms. The average Bonchev–Trinajstić information content (AvgIpc) is 2.37. The van der Waals surface area contributed by atoms with Gasteiger partial charge in [-0.05, 0) is 43.9 Å². The van der Waals surface area contributed by atoms with Crippen LogP contribution in [0.25, 0.3) is 10.9 Å². The lowest BCUT2D eigenvalue weighted by molar-refractivity contribution is 0.0873. The molecule has 100 valence electrons. The molecule has 0 aliphatic heterocycles. The van der Waals surface area contributed by atoms with Crippen LogP contribution in [0.1, 0.15) is 30.5 Å². The number of para-hydroxylation sites is 1. The van der Waals surface area contributed by atoms with Gasteiger partial charge in [0.15, 0.2) is 0 Å². The molecule has 1 heterocycles. The van der Waals surface area contributed by atoms with Crippen molar-refractivity contribution in [2.24, 2.45) is 0 Å². The minimum absolute atomic E-state index is 0.0434. The molecule has 1 fully saturated rings. The molecule has 2 N–H and O–H groups in total. The van der Waals surface area contributed by atoms with E-state index in [1.54, 1.807) is 0 Å². The number of nitrogens with one attached hydrogen (secondary N) is 1. The smallest absolute Gasteiger partial charge is 0.0708 e. The standard InChI is InChI=1S/C16H20N2O/c1-12-9-13(10-17-16(11-19)7-4-8-16)14-5-2-3-6-15(14)18-12/h2-3,5-6,9,17,19H,4,7-8,10-11H2,1H3. The van der Waals surface area contributed by atoms with E-state index in [1.165, 1.54) is 17.4 Å². The van der Waals surface area contributed by atoms with Crippen LogP contribution in [0.2, 0.25) is 0 Å². The van der Waals surface area contributed by atoms with Gasteiger partial charge < -0.3 is 10.4 Å². The molecule has 1 aromatic heterocycles. The van der Waals surface area contributed by atoms with E-state index in [4.69, 9.17) is 0 Å². The van der Waals surface area contributed by atoms with Crippen molar-refractivity contribution in [3.8, 4) is 0 Å². The SMILES string of the molecule is Cc1cc(CNC2(CO)CCC2)c2ccccc2n1. The zero-order chi connectivity index (χ0) is 13.3. The Hall–Kier alpha value is -1.45. The van der Waals surface area contributed by atoms with E-state index in [9.17, 15) is 5.11 Å². The van der Waals surface area contributed by atoms with E-state index in [0.717, 1.165) is 30.6 Å². The fourth-order valence-corrected chi connectivity index (χ4v) is 2.82. The van der Waals surface area contributed by atoms with Crippen LogP contribution in [0, 0.1) is 6.92 Å². The first-order valence-corrected chi connectivity index (χ1v) is 6.94. The molecule has 0 atom stereocenters. The molecule has 1 saturated carbocycles. The van der Waals surface area contributed by atoms with Crippen LogP contribution in [0.4, 0.5) is 0 Å². The van der Waals surface area contributed by atoms with Gasteiger partial charge in [0.25, 0.3) is 0 Å². The molecule has 0 radical (unpaired) electrons. The lowest BCUT2D eigenvalue weighted by atomic mass is 9.77. The van der Waals surface area contributed by atoms with Gasteiger partial charge in [-0.1, -0.05) is 18.2 Å². The molecule has 1 aromatic carbocycles. The summed E-state index contributed by atoms with van der Waals surface area (Å²) in [6.45, 7) is 3.06. The van der Waals surface area contributed by atoms with E-state index >= 15 is 0 Å². The normalized spacial score (nSPS) is 17.4. The fourth-order valence-electron chi connectivity index (χ4n) is 2.82. The molecule has 3 rings (SSSR count). The van der Waals surface area contributed by atoms with Gasteiger partial charge in [0.1, 0.15) is 0 Å². The van der Waals surface area contributed by atoms with Gasteiger partial charge in [-0.15, -0.1) is 0 Å². The lowest BCUT2D eigenvalue weighted by Gasteiger charge is -2.41. The van der Waals surface area contributed by atoms with Crippen molar-refractivity contribution >= 4 is 10.9 Å². The predicted octanol–water partition coefficient (Wildman–Crippen LogP) is 2.55. The number of pyridine rings is 1. The Morgan fingerprint density at radius 3 is 2.79 bits per heavy atom. The van der Waals surface area contributed by atoms with E-state index in [1.807, 2.05) is 19.1 Å². The highest BCUT2D eigenvalue weighted by atomic mass is 16.3. The largest absolute Gasteiger partial charge is 0.394 e. The highest BCUT2D eigenvalue weighted by molar-refractivity contribution is 5.82. The number of hydrogen-bond acceptors (Lipinski definition) is 3. The van der Waals surface area contributed by atoms with Crippen LogP contribution in [0.15, 0.2) is 30.3 Å². The Balaban J connectivity index is 1.88. The molecule has 2 aromatic rings. The molecule has 0 unspecified atom stereocenters. The molecule has 1 aliphatic carbocycles. The Morgan fingerprint density at radius 2 is 2.11 bits per heavy atom. The number of aliphatic hydroxyl groups is 1. The Kier molecular flexibility index (Phi) is 3.25. The number of aryl methyl sites for hydroxylation is 1. The van der Waals surface area contributed by atoms with Crippen molar-refractivity contribution in [3.05, 3.63) is 41.6 Å². The van der Waals surface area contributed by atoms with E-state index < -0.39 is 0 Å². The molecule has 0 bridgehead atoms. The molecular weight excluding hydrogens is 236 g/mol. The summed E-state index contributed by atoms with van der Waals surface area (Å²) in [4.78, 5) is 4.56. The van der Waals surface area contributed by atoms with Gasteiger partial charge in [-0.3, -0.25) is 4.98 Å². The van der Waals surface area contributed by atoms with Crippen molar-refractivity contribution in [1.82, 2.24) is 10.3 Å². The first-order valence-electron chi connectivity index (χ1n) is 6.94. The summed E-state index contributed by atoms with van der Waals surface area (Å²) in [7, 11) is 0. The first kappa shape index (κ1) is 12.6. The zero-order valence-corrected chi connectivity index (χ0v) is 11.3. The Bertz CT molecular complexity index is 585. The topological polar surface area (TPSA) is 45.1 Å². The maximum atomic E-state index is 9.51. The summed E-state index contributed by atoms with van der Waals surface area (Å²) >= 11 is 0. The van der Waals surface area contributed by atoms with E-state index in [-0.39, 0.29) is 12.1 Å². The highest BCUT2D eigenvalue weighted by Gasteiger charge is 2.35. The summed E-state index contributed by atoms with van der Waals surface area (Å²) in [6, 6.07) is 10.4. The van der Waals surface area contributed by atoms with Crippen LogP contribution in [-0.2, 0) is 6.54 Å². The third kappa shape index (κ3) is 2.36. The molecule has 0 spiro atoms. The van der Waals surface area contributed by atoms with Crippen LogP contribution in [0.5, 0.6) is 0 Å². The van der Waals surface area contributed by atoms with Gasteiger partial charge in [0, 0.05) is 23.2 Å². The number of fused-ring (bicyclic) bond motifs is 1. The van der Waals surface area contributed by atoms with Crippen LogP contribution < -0.4 is 5.32 Å². The van der Waals surface area contributed by atoms with Crippen molar-refractivity contribution < 1.29 is 5.11 Å². The Labute approximate surface area is 113 Å². The minimum atomic E-state index is -0.0434. The molecular formula is C16H20N2O. The molecule has 0 saturated heterocycles. The summed E-state index contributed by atoms with van der Waals surface area (Å²) in [5.41, 5.74) is 3.31. The number of benzene rings is 1. The van der Waals surface area contributed by atoms with Gasteiger partial charge in [0.05, 0.1) is 12.1 Å². The first-order chi connectivity index (χ1) is 9.22. The van der Waals surface area contributed by atoms with Crippen molar-refractivity contribution in [2.75, 3.05) is 6.61 Å². The summed E-state index contributed by atoms with van der Waals surface area (Å²) in [6.07, 6.45) is 3.36. The monoisotopic (exact) mass is 256 g/mol. The number of aliphatic hydroxyl groups excluding tert-OH is 1. The maximum Gasteiger partial charge on any atom is 0.0708 e. The van der Waals surface area contributed by atoms with Gasteiger partial charge >= 0.3 is 0 Å². The molecule has 0 amide bonds. The summed E-state index contributed by atoms with van der Waals surface area (Å²) in [5, 5.41) is 14.2. The molecule has 3 nitrogen and oxygen atoms in total. The van der Waals surface area contributed by atoms with Crippen LogP contribution in [0.3, 0.4) is 0 Å². The third-order valence-electron chi connectivity index (χ3n) is 4.20. The fraction of sp³-hybridized carbons (Fsp3) is 0.438. The predicted molar refractivity (Wildman–Crippen MR) is 77.0 cm³/mol. The Morgan fingerprint density at radius 1 is 1.32 bits per heavy atom. The van der Waals surface area contributed by atoms with Crippen LogP contribution >= 0.6 is 0 Å². The maximum absolute atomic E-state index is 9.51.